The van der Waals surface area contributed by atoms with E-state index < -0.39 is 0 Å². The Kier molecular flexibility index (Phi) is 3.08. The van der Waals surface area contributed by atoms with Crippen LogP contribution in [0.25, 0.3) is 11.0 Å². The first-order valence-corrected chi connectivity index (χ1v) is 6.49. The molecule has 1 fully saturated rings. The zero-order valence-corrected chi connectivity index (χ0v) is 11.4. The average molecular weight is 277 g/mol. The van der Waals surface area contributed by atoms with E-state index in [1.54, 1.807) is 12.5 Å². The molecular weight excluding hydrogens is 262 g/mol. The van der Waals surface area contributed by atoms with Gasteiger partial charge >= 0.3 is 0 Å². The number of morpholine rings is 1. The SMILES string of the molecule is Cn1cnc2c(N3CCOC(C(N)=S)C3)nccc21. The zero-order valence-electron chi connectivity index (χ0n) is 10.6. The van der Waals surface area contributed by atoms with Crippen molar-refractivity contribution in [2.45, 2.75) is 6.10 Å². The summed E-state index contributed by atoms with van der Waals surface area (Å²) >= 11 is 5.00. The molecule has 0 saturated carbocycles. The van der Waals surface area contributed by atoms with Gasteiger partial charge in [0.25, 0.3) is 0 Å². The van der Waals surface area contributed by atoms with Gasteiger partial charge in [-0.05, 0) is 6.07 Å². The summed E-state index contributed by atoms with van der Waals surface area (Å²) < 4.78 is 7.53. The summed E-state index contributed by atoms with van der Waals surface area (Å²) in [6.45, 7) is 1.98. The number of imidazole rings is 1. The molecular formula is C12H15N5OS. The van der Waals surface area contributed by atoms with Gasteiger partial charge in [0.2, 0.25) is 0 Å². The molecule has 0 spiro atoms. The first kappa shape index (κ1) is 12.3. The Morgan fingerprint density at radius 2 is 2.37 bits per heavy atom. The smallest absolute Gasteiger partial charge is 0.156 e. The topological polar surface area (TPSA) is 69.2 Å². The van der Waals surface area contributed by atoms with Gasteiger partial charge in [0.1, 0.15) is 16.6 Å². The number of rotatable bonds is 2. The molecule has 0 bridgehead atoms. The predicted octanol–water partition coefficient (Wildman–Crippen LogP) is 0.460. The lowest BCUT2D eigenvalue weighted by Gasteiger charge is -2.33. The van der Waals surface area contributed by atoms with Crippen molar-refractivity contribution in [2.75, 3.05) is 24.6 Å². The Morgan fingerprint density at radius 3 is 3.16 bits per heavy atom. The highest BCUT2D eigenvalue weighted by Gasteiger charge is 2.25. The molecule has 19 heavy (non-hydrogen) atoms. The van der Waals surface area contributed by atoms with Crippen LogP contribution in [-0.2, 0) is 11.8 Å². The molecule has 100 valence electrons. The van der Waals surface area contributed by atoms with Gasteiger partial charge < -0.3 is 19.9 Å². The Labute approximate surface area is 116 Å². The van der Waals surface area contributed by atoms with E-state index >= 15 is 0 Å². The Balaban J connectivity index is 1.97. The third kappa shape index (κ3) is 2.15. The number of pyridine rings is 1. The highest BCUT2D eigenvalue weighted by molar-refractivity contribution is 7.80. The fourth-order valence-corrected chi connectivity index (χ4v) is 2.44. The van der Waals surface area contributed by atoms with Crippen molar-refractivity contribution in [3.8, 4) is 0 Å². The Bertz CT molecular complexity index is 626. The van der Waals surface area contributed by atoms with Crippen LogP contribution >= 0.6 is 12.2 Å². The van der Waals surface area contributed by atoms with Gasteiger partial charge in [0, 0.05) is 19.8 Å². The molecule has 0 amide bonds. The zero-order chi connectivity index (χ0) is 13.4. The number of aryl methyl sites for hydroxylation is 1. The summed E-state index contributed by atoms with van der Waals surface area (Å²) in [4.78, 5) is 11.4. The second-order valence-electron chi connectivity index (χ2n) is 4.57. The van der Waals surface area contributed by atoms with Crippen LogP contribution in [-0.4, -0.2) is 45.3 Å². The van der Waals surface area contributed by atoms with Gasteiger partial charge in [0.15, 0.2) is 5.82 Å². The first-order valence-electron chi connectivity index (χ1n) is 6.08. The van der Waals surface area contributed by atoms with Crippen molar-refractivity contribution in [2.24, 2.45) is 12.8 Å². The van der Waals surface area contributed by atoms with Crippen LogP contribution in [0.4, 0.5) is 5.82 Å². The minimum atomic E-state index is -0.218. The molecule has 1 aliphatic rings. The Hall–Kier alpha value is -1.73. The van der Waals surface area contributed by atoms with Crippen molar-refractivity contribution in [1.82, 2.24) is 14.5 Å². The second-order valence-corrected chi connectivity index (χ2v) is 5.04. The first-order chi connectivity index (χ1) is 9.16. The molecule has 1 saturated heterocycles. The van der Waals surface area contributed by atoms with Gasteiger partial charge in [0.05, 0.1) is 25.0 Å². The lowest BCUT2D eigenvalue weighted by Crippen LogP contribution is -2.48. The molecule has 6 nitrogen and oxygen atoms in total. The molecule has 7 heteroatoms. The summed E-state index contributed by atoms with van der Waals surface area (Å²) in [6.07, 6.45) is 3.37. The van der Waals surface area contributed by atoms with Crippen molar-refractivity contribution < 1.29 is 4.74 Å². The molecule has 3 rings (SSSR count). The number of nitrogens with zero attached hydrogens (tertiary/aromatic N) is 4. The van der Waals surface area contributed by atoms with E-state index in [-0.39, 0.29) is 6.10 Å². The molecule has 0 aliphatic carbocycles. The number of thiocarbonyl (C=S) groups is 1. The molecule has 1 aliphatic heterocycles. The number of nitrogens with two attached hydrogens (primary N) is 1. The summed E-state index contributed by atoms with van der Waals surface area (Å²) in [5, 5.41) is 0. The van der Waals surface area contributed by atoms with Gasteiger partial charge in [-0.15, -0.1) is 0 Å². The molecule has 0 aromatic carbocycles. The molecule has 1 atom stereocenters. The summed E-state index contributed by atoms with van der Waals surface area (Å²) in [6, 6.07) is 1.96. The predicted molar refractivity (Wildman–Crippen MR) is 77.2 cm³/mol. The third-order valence-electron chi connectivity index (χ3n) is 3.31. The molecule has 3 heterocycles. The minimum absolute atomic E-state index is 0.218. The van der Waals surface area contributed by atoms with Gasteiger partial charge in [-0.25, -0.2) is 9.97 Å². The third-order valence-corrected chi connectivity index (χ3v) is 3.57. The number of aromatic nitrogens is 3. The monoisotopic (exact) mass is 277 g/mol. The normalized spacial score (nSPS) is 19.8. The van der Waals surface area contributed by atoms with E-state index in [0.29, 0.717) is 18.1 Å². The number of hydrogen-bond donors (Lipinski definition) is 1. The molecule has 0 radical (unpaired) electrons. The lowest BCUT2D eigenvalue weighted by molar-refractivity contribution is 0.0845. The number of anilines is 1. The van der Waals surface area contributed by atoms with Crippen LogP contribution in [0, 0.1) is 0 Å². The number of fused-ring (bicyclic) bond motifs is 1. The molecule has 1 unspecified atom stereocenters. The van der Waals surface area contributed by atoms with E-state index in [0.717, 1.165) is 23.4 Å². The van der Waals surface area contributed by atoms with Crippen molar-refractivity contribution in [3.63, 3.8) is 0 Å². The maximum Gasteiger partial charge on any atom is 0.156 e. The van der Waals surface area contributed by atoms with Crippen molar-refractivity contribution >= 4 is 34.1 Å². The summed E-state index contributed by atoms with van der Waals surface area (Å²) in [5.41, 5.74) is 7.62. The van der Waals surface area contributed by atoms with Gasteiger partial charge in [-0.1, -0.05) is 12.2 Å². The lowest BCUT2D eigenvalue weighted by atomic mass is 10.2. The molecule has 2 aromatic rings. The fourth-order valence-electron chi connectivity index (χ4n) is 2.29. The Morgan fingerprint density at radius 1 is 1.53 bits per heavy atom. The van der Waals surface area contributed by atoms with E-state index in [4.69, 9.17) is 22.7 Å². The standard InChI is InChI=1S/C12H15N5OS/c1-16-7-15-10-8(16)2-3-14-12(10)17-4-5-18-9(6-17)11(13)19/h2-3,7,9H,4-6H2,1H3,(H2,13,19). The van der Waals surface area contributed by atoms with Crippen LogP contribution in [0.15, 0.2) is 18.6 Å². The minimum Gasteiger partial charge on any atom is -0.391 e. The largest absolute Gasteiger partial charge is 0.391 e. The molecule has 2 aromatic heterocycles. The highest BCUT2D eigenvalue weighted by atomic mass is 32.1. The van der Waals surface area contributed by atoms with E-state index in [2.05, 4.69) is 14.9 Å². The number of ether oxygens (including phenoxy) is 1. The summed E-state index contributed by atoms with van der Waals surface area (Å²) in [7, 11) is 1.97. The van der Waals surface area contributed by atoms with Crippen molar-refractivity contribution in [1.29, 1.82) is 0 Å². The fraction of sp³-hybridized carbons (Fsp3) is 0.417. The summed E-state index contributed by atoms with van der Waals surface area (Å²) in [5.74, 6) is 0.864. The van der Waals surface area contributed by atoms with E-state index in [9.17, 15) is 0 Å². The van der Waals surface area contributed by atoms with E-state index in [1.807, 2.05) is 17.7 Å². The number of hydrogen-bond acceptors (Lipinski definition) is 5. The van der Waals surface area contributed by atoms with Crippen LogP contribution in [0.5, 0.6) is 0 Å². The highest BCUT2D eigenvalue weighted by Crippen LogP contribution is 2.24. The quantitative estimate of drug-likeness (QED) is 0.804. The average Bonchev–Trinajstić information content (AvgIpc) is 2.81. The van der Waals surface area contributed by atoms with Crippen LogP contribution in [0.1, 0.15) is 0 Å². The van der Waals surface area contributed by atoms with Crippen LogP contribution in [0.3, 0.4) is 0 Å². The van der Waals surface area contributed by atoms with Crippen molar-refractivity contribution in [3.05, 3.63) is 18.6 Å². The van der Waals surface area contributed by atoms with Crippen LogP contribution in [0.2, 0.25) is 0 Å². The van der Waals surface area contributed by atoms with E-state index in [1.165, 1.54) is 0 Å². The second kappa shape index (κ2) is 4.75. The van der Waals surface area contributed by atoms with Gasteiger partial charge in [-0.3, -0.25) is 0 Å². The maximum atomic E-state index is 5.66. The van der Waals surface area contributed by atoms with Crippen LogP contribution < -0.4 is 10.6 Å². The molecule has 2 N–H and O–H groups in total. The maximum absolute atomic E-state index is 5.66. The van der Waals surface area contributed by atoms with Gasteiger partial charge in [-0.2, -0.15) is 0 Å².